The van der Waals surface area contributed by atoms with Gasteiger partial charge in [0, 0.05) is 50.1 Å². The maximum atomic E-state index is 13.5. The van der Waals surface area contributed by atoms with Crippen LogP contribution in [0, 0.1) is 0 Å². The third-order valence-electron chi connectivity index (χ3n) is 6.84. The summed E-state index contributed by atoms with van der Waals surface area (Å²) in [6.45, 7) is 2.75. The minimum absolute atomic E-state index is 0.00697. The molecule has 3 aliphatic heterocycles. The van der Waals surface area contributed by atoms with Crippen molar-refractivity contribution in [3.63, 3.8) is 0 Å². The SMILES string of the molecule is O=C(CN1C(=O)C2CCCCN2c2ccc(C(=O)N3CCCC3)cc21)NCCc1cnc[nH]1. The first-order valence-corrected chi connectivity index (χ1v) is 11.9. The number of H-pyrrole nitrogens is 1. The second-order valence-corrected chi connectivity index (χ2v) is 9.01. The minimum atomic E-state index is -0.246. The molecule has 0 radical (unpaired) electrons. The third-order valence-corrected chi connectivity index (χ3v) is 6.84. The van der Waals surface area contributed by atoms with Crippen molar-refractivity contribution in [2.24, 2.45) is 0 Å². The van der Waals surface area contributed by atoms with E-state index in [4.69, 9.17) is 0 Å². The number of nitrogens with one attached hydrogen (secondary N) is 2. The molecule has 33 heavy (non-hydrogen) atoms. The van der Waals surface area contributed by atoms with Crippen LogP contribution >= 0.6 is 0 Å². The van der Waals surface area contributed by atoms with Gasteiger partial charge in [-0.15, -0.1) is 0 Å². The summed E-state index contributed by atoms with van der Waals surface area (Å²) in [5.41, 5.74) is 3.11. The van der Waals surface area contributed by atoms with Gasteiger partial charge < -0.3 is 20.1 Å². The van der Waals surface area contributed by atoms with Crippen LogP contribution in [0.5, 0.6) is 0 Å². The summed E-state index contributed by atoms with van der Waals surface area (Å²) in [4.78, 5) is 51.8. The molecule has 3 aliphatic rings. The van der Waals surface area contributed by atoms with E-state index in [1.54, 1.807) is 23.5 Å². The number of carbonyl (C=O) groups is 3. The largest absolute Gasteiger partial charge is 0.358 e. The quantitative estimate of drug-likeness (QED) is 0.698. The van der Waals surface area contributed by atoms with Gasteiger partial charge >= 0.3 is 0 Å². The van der Waals surface area contributed by atoms with Crippen molar-refractivity contribution < 1.29 is 14.4 Å². The molecule has 3 amide bonds. The van der Waals surface area contributed by atoms with E-state index in [0.717, 1.165) is 63.1 Å². The molecule has 9 heteroatoms. The Morgan fingerprint density at radius 2 is 1.91 bits per heavy atom. The summed E-state index contributed by atoms with van der Waals surface area (Å²) in [5.74, 6) is -0.279. The van der Waals surface area contributed by atoms with E-state index in [0.29, 0.717) is 24.2 Å². The van der Waals surface area contributed by atoms with E-state index < -0.39 is 0 Å². The van der Waals surface area contributed by atoms with E-state index in [-0.39, 0.29) is 30.3 Å². The Morgan fingerprint density at radius 3 is 2.70 bits per heavy atom. The number of anilines is 2. The number of benzene rings is 1. The molecule has 2 aromatic rings. The average molecular weight is 451 g/mol. The molecule has 2 N–H and O–H groups in total. The van der Waals surface area contributed by atoms with Crippen LogP contribution in [-0.2, 0) is 16.0 Å². The van der Waals surface area contributed by atoms with E-state index in [2.05, 4.69) is 20.2 Å². The molecule has 1 unspecified atom stereocenters. The van der Waals surface area contributed by atoms with Gasteiger partial charge in [0.05, 0.1) is 17.7 Å². The molecule has 2 saturated heterocycles. The molecule has 9 nitrogen and oxygen atoms in total. The van der Waals surface area contributed by atoms with E-state index in [9.17, 15) is 14.4 Å². The first-order chi connectivity index (χ1) is 16.1. The van der Waals surface area contributed by atoms with Crippen molar-refractivity contribution in [2.45, 2.75) is 44.6 Å². The fourth-order valence-electron chi connectivity index (χ4n) is 5.11. The number of imidazole rings is 1. The van der Waals surface area contributed by atoms with Crippen LogP contribution in [0.2, 0.25) is 0 Å². The Hall–Kier alpha value is -3.36. The van der Waals surface area contributed by atoms with Crippen molar-refractivity contribution in [1.29, 1.82) is 0 Å². The normalized spacial score (nSPS) is 19.9. The van der Waals surface area contributed by atoms with Crippen molar-refractivity contribution >= 4 is 29.1 Å². The highest BCUT2D eigenvalue weighted by atomic mass is 16.2. The molecule has 0 saturated carbocycles. The molecule has 1 aromatic heterocycles. The van der Waals surface area contributed by atoms with Gasteiger partial charge in [-0.1, -0.05) is 0 Å². The van der Waals surface area contributed by atoms with Crippen LogP contribution in [-0.4, -0.2) is 71.4 Å². The van der Waals surface area contributed by atoms with Crippen LogP contribution in [0.4, 0.5) is 11.4 Å². The number of aromatic nitrogens is 2. The van der Waals surface area contributed by atoms with Gasteiger partial charge in [0.25, 0.3) is 5.91 Å². The number of fused-ring (bicyclic) bond motifs is 3. The lowest BCUT2D eigenvalue weighted by Gasteiger charge is -2.45. The zero-order chi connectivity index (χ0) is 22.8. The summed E-state index contributed by atoms with van der Waals surface area (Å²) < 4.78 is 0. The summed E-state index contributed by atoms with van der Waals surface area (Å²) in [5, 5.41) is 2.90. The molecular weight excluding hydrogens is 420 g/mol. The topological polar surface area (TPSA) is 102 Å². The molecule has 0 aliphatic carbocycles. The summed E-state index contributed by atoms with van der Waals surface area (Å²) >= 11 is 0. The molecule has 1 atom stereocenters. The highest BCUT2D eigenvalue weighted by Crippen LogP contribution is 2.40. The maximum Gasteiger partial charge on any atom is 0.253 e. The second kappa shape index (κ2) is 9.25. The lowest BCUT2D eigenvalue weighted by Crippen LogP contribution is -2.57. The Kier molecular flexibility index (Phi) is 6.02. The Morgan fingerprint density at radius 1 is 1.09 bits per heavy atom. The fraction of sp³-hybridized carbons (Fsp3) is 0.500. The van der Waals surface area contributed by atoms with Crippen molar-refractivity contribution in [2.75, 3.05) is 42.5 Å². The summed E-state index contributed by atoms with van der Waals surface area (Å²) in [6, 6.07) is 5.37. The zero-order valence-corrected chi connectivity index (χ0v) is 18.8. The van der Waals surface area contributed by atoms with Gasteiger partial charge in [0.2, 0.25) is 11.8 Å². The number of rotatable bonds is 6. The van der Waals surface area contributed by atoms with Gasteiger partial charge in [-0.25, -0.2) is 4.98 Å². The maximum absolute atomic E-state index is 13.5. The smallest absolute Gasteiger partial charge is 0.253 e. The molecule has 2 fully saturated rings. The summed E-state index contributed by atoms with van der Waals surface area (Å²) in [6.07, 6.45) is 8.84. The first kappa shape index (κ1) is 21.5. The molecule has 174 valence electrons. The van der Waals surface area contributed by atoms with Gasteiger partial charge in [-0.05, 0) is 50.3 Å². The van der Waals surface area contributed by atoms with E-state index in [1.165, 1.54) is 0 Å². The van der Waals surface area contributed by atoms with Crippen molar-refractivity contribution in [3.8, 4) is 0 Å². The number of nitrogens with zero attached hydrogens (tertiary/aromatic N) is 4. The lowest BCUT2D eigenvalue weighted by atomic mass is 9.95. The van der Waals surface area contributed by atoms with E-state index >= 15 is 0 Å². The number of carbonyl (C=O) groups excluding carboxylic acids is 3. The second-order valence-electron chi connectivity index (χ2n) is 9.01. The molecule has 0 spiro atoms. The average Bonchev–Trinajstić information content (AvgIpc) is 3.56. The zero-order valence-electron chi connectivity index (χ0n) is 18.8. The predicted molar refractivity (Wildman–Crippen MR) is 124 cm³/mol. The van der Waals surface area contributed by atoms with Crippen LogP contribution in [0.3, 0.4) is 0 Å². The number of hydrogen-bond acceptors (Lipinski definition) is 5. The van der Waals surface area contributed by atoms with Gasteiger partial charge in [-0.3, -0.25) is 19.3 Å². The highest BCUT2D eigenvalue weighted by Gasteiger charge is 2.40. The molecular formula is C24H30N6O3. The number of likely N-dealkylation sites (tertiary alicyclic amines) is 1. The number of aromatic amines is 1. The molecule has 0 bridgehead atoms. The predicted octanol–water partition coefficient (Wildman–Crippen LogP) is 1.71. The van der Waals surface area contributed by atoms with Gasteiger partial charge in [0.15, 0.2) is 0 Å². The monoisotopic (exact) mass is 450 g/mol. The van der Waals surface area contributed by atoms with Crippen LogP contribution in [0.15, 0.2) is 30.7 Å². The Bertz CT molecular complexity index is 1030. The molecule has 1 aromatic carbocycles. The van der Waals surface area contributed by atoms with Crippen LogP contribution in [0.25, 0.3) is 0 Å². The standard InChI is InChI=1S/C24H30N6O3/c31-22(26-9-8-18-14-25-16-27-18)15-30-21-13-17(23(32)28-10-3-4-11-28)6-7-19(21)29-12-2-1-5-20(29)24(30)33/h6-7,13-14,16,20H,1-5,8-12,15H2,(H,25,27)(H,26,31). The van der Waals surface area contributed by atoms with Crippen molar-refractivity contribution in [1.82, 2.24) is 20.2 Å². The molecule has 4 heterocycles. The Balaban J connectivity index is 1.37. The van der Waals surface area contributed by atoms with Gasteiger partial charge in [-0.2, -0.15) is 0 Å². The van der Waals surface area contributed by atoms with Crippen LogP contribution < -0.4 is 15.1 Å². The van der Waals surface area contributed by atoms with E-state index in [1.807, 2.05) is 17.0 Å². The Labute approximate surface area is 193 Å². The summed E-state index contributed by atoms with van der Waals surface area (Å²) in [7, 11) is 0. The van der Waals surface area contributed by atoms with Crippen LogP contribution in [0.1, 0.15) is 48.2 Å². The number of hydrogen-bond donors (Lipinski definition) is 2. The lowest BCUT2D eigenvalue weighted by molar-refractivity contribution is -0.124. The third kappa shape index (κ3) is 4.31. The minimum Gasteiger partial charge on any atom is -0.358 e. The number of amides is 3. The highest BCUT2D eigenvalue weighted by molar-refractivity contribution is 6.09. The molecule has 5 rings (SSSR count). The van der Waals surface area contributed by atoms with Crippen molar-refractivity contribution in [3.05, 3.63) is 42.0 Å². The fourth-order valence-corrected chi connectivity index (χ4v) is 5.11. The first-order valence-electron chi connectivity index (χ1n) is 11.9. The number of piperidine rings is 1. The van der Waals surface area contributed by atoms with Gasteiger partial charge in [0.1, 0.15) is 12.6 Å².